The first-order valence-electron chi connectivity index (χ1n) is 15.5. The third-order valence-corrected chi connectivity index (χ3v) is 10.1. The molecule has 0 bridgehead atoms. The highest BCUT2D eigenvalue weighted by atomic mass is 32.1. The van der Waals surface area contributed by atoms with Gasteiger partial charge >= 0.3 is 0 Å². The number of pyridine rings is 3. The summed E-state index contributed by atoms with van der Waals surface area (Å²) in [5.41, 5.74) is 12.2. The predicted molar refractivity (Wildman–Crippen MR) is 190 cm³/mol. The van der Waals surface area contributed by atoms with Crippen molar-refractivity contribution < 1.29 is 5.10 Å². The number of nitrogens with zero attached hydrogens (tertiary/aromatic N) is 5. The van der Waals surface area contributed by atoms with Crippen LogP contribution in [0.1, 0.15) is 0 Å². The number of benzene rings is 4. The minimum Gasteiger partial charge on any atom is -0.409 e. The molecule has 6 heterocycles. The fraction of sp³-hybridized carbons (Fsp3) is 0. The molecule has 10 aromatic rings. The Labute approximate surface area is 272 Å². The molecule has 0 aliphatic heterocycles. The number of H-pyrrole nitrogens is 1. The number of hydrogen-bond acceptors (Lipinski definition) is 4. The molecule has 6 nitrogen and oxygen atoms in total. The average Bonchev–Trinajstić information content (AvgIpc) is 3.84. The summed E-state index contributed by atoms with van der Waals surface area (Å²) in [5, 5.41) is 11.3. The lowest BCUT2D eigenvalue weighted by Gasteiger charge is -2.10. The Morgan fingerprint density at radius 2 is 1.30 bits per heavy atom. The predicted octanol–water partition coefficient (Wildman–Crippen LogP) is 9.24. The third kappa shape index (κ3) is 4.10. The lowest BCUT2D eigenvalue weighted by atomic mass is 9.97. The summed E-state index contributed by atoms with van der Waals surface area (Å²) in [7, 11) is 0. The van der Waals surface area contributed by atoms with E-state index in [1.165, 1.54) is 0 Å². The van der Waals surface area contributed by atoms with E-state index in [9.17, 15) is 0 Å². The topological polar surface area (TPSA) is 71.3 Å². The molecule has 0 unspecified atom stereocenters. The Hall–Kier alpha value is -6.18. The van der Waals surface area contributed by atoms with Crippen LogP contribution in [0.15, 0.2) is 140 Å². The molecule has 0 saturated heterocycles. The molecule has 0 aliphatic carbocycles. The molecule has 0 radical (unpaired) electrons. The fourth-order valence-electron chi connectivity index (χ4n) is 6.61. The van der Waals surface area contributed by atoms with E-state index >= 15 is 0 Å². The largest absolute Gasteiger partial charge is 0.409 e. The summed E-state index contributed by atoms with van der Waals surface area (Å²) in [6.07, 6.45) is 3.98. The number of rotatable bonds is 4. The lowest BCUT2D eigenvalue weighted by molar-refractivity contribution is -0.440. The van der Waals surface area contributed by atoms with Gasteiger partial charge in [-0.05, 0) is 53.1 Å². The fourth-order valence-corrected chi connectivity index (χ4v) is 7.69. The molecule has 0 spiro atoms. The van der Waals surface area contributed by atoms with E-state index < -0.39 is 0 Å². The van der Waals surface area contributed by atoms with Gasteiger partial charge in [-0.1, -0.05) is 96.5 Å². The van der Waals surface area contributed by atoms with Crippen molar-refractivity contribution in [1.29, 1.82) is 0 Å². The van der Waals surface area contributed by atoms with E-state index in [-0.39, 0.29) is 0 Å². The Morgan fingerprint density at radius 1 is 0.596 bits per heavy atom. The summed E-state index contributed by atoms with van der Waals surface area (Å²) < 4.78 is 3.18. The molecule has 0 fully saturated rings. The number of aromatic amines is 1. The third-order valence-electron chi connectivity index (χ3n) is 8.94. The molecule has 0 atom stereocenters. The van der Waals surface area contributed by atoms with Crippen LogP contribution in [0.4, 0.5) is 0 Å². The average molecular weight is 621 g/mol. The molecule has 47 heavy (non-hydrogen) atoms. The molecule has 0 aliphatic rings. The summed E-state index contributed by atoms with van der Waals surface area (Å²) >= 11 is 1.68. The second-order valence-corrected chi connectivity index (χ2v) is 12.7. The molecule has 0 amide bonds. The van der Waals surface area contributed by atoms with Crippen LogP contribution < -0.4 is 10.2 Å². The SMILES string of the molecule is c1ccc(-c2cnc3sc4c(-c5ccc(-c6ccc7c(c6)c(-c6ccccc6)nc6c7nc7ccccn76)cc5)[nH+][n-]c4c3c2)cc1. The van der Waals surface area contributed by atoms with Crippen LogP contribution in [0.3, 0.4) is 0 Å². The molecule has 7 heteroatoms. The van der Waals surface area contributed by atoms with Crippen molar-refractivity contribution in [3.63, 3.8) is 0 Å². The van der Waals surface area contributed by atoms with Gasteiger partial charge in [-0.15, -0.1) is 11.3 Å². The quantitative estimate of drug-likeness (QED) is 0.197. The van der Waals surface area contributed by atoms with Crippen molar-refractivity contribution in [2.75, 3.05) is 0 Å². The standard InChI is InChI=1S/C40H24N6S/c1-3-9-24(10-4-1)29-22-32-36-38(47-40(32)41-23-29)35(44-45-36)27-16-14-25(15-17-27)28-18-19-30-31(21-28)34(26-11-5-2-6-12-26)43-39-37(30)42-33-13-7-8-20-46(33)39/h1-23,44H. The van der Waals surface area contributed by atoms with E-state index in [0.29, 0.717) is 0 Å². The van der Waals surface area contributed by atoms with Gasteiger partial charge in [-0.2, -0.15) is 0 Å². The lowest BCUT2D eigenvalue weighted by Crippen LogP contribution is -2.07. The maximum atomic E-state index is 5.20. The van der Waals surface area contributed by atoms with Crippen molar-refractivity contribution in [3.05, 3.63) is 140 Å². The number of imidazole rings is 1. The van der Waals surface area contributed by atoms with Gasteiger partial charge in [-0.3, -0.25) is 9.50 Å². The van der Waals surface area contributed by atoms with Crippen molar-refractivity contribution in [3.8, 4) is 44.8 Å². The molecule has 4 aromatic carbocycles. The van der Waals surface area contributed by atoms with Crippen molar-refractivity contribution in [2.24, 2.45) is 0 Å². The Morgan fingerprint density at radius 3 is 2.13 bits per heavy atom. The summed E-state index contributed by atoms with van der Waals surface area (Å²) in [4.78, 5) is 16.0. The van der Waals surface area contributed by atoms with E-state index in [2.05, 4.69) is 107 Å². The van der Waals surface area contributed by atoms with Crippen molar-refractivity contribution in [1.82, 2.24) is 24.5 Å². The minimum absolute atomic E-state index is 0.864. The number of fused-ring (bicyclic) bond motifs is 8. The van der Waals surface area contributed by atoms with Crippen LogP contribution in [-0.4, -0.2) is 19.4 Å². The Bertz CT molecular complexity index is 2780. The van der Waals surface area contributed by atoms with E-state index in [0.717, 1.165) is 92.8 Å². The van der Waals surface area contributed by atoms with Gasteiger partial charge < -0.3 is 5.10 Å². The first-order chi connectivity index (χ1) is 23.3. The zero-order valence-electron chi connectivity index (χ0n) is 24.9. The minimum atomic E-state index is 0.864. The van der Waals surface area contributed by atoms with Crippen LogP contribution in [-0.2, 0) is 0 Å². The maximum absolute atomic E-state index is 5.20. The first-order valence-corrected chi connectivity index (χ1v) is 16.3. The number of thiophene rings is 1. The van der Waals surface area contributed by atoms with Gasteiger partial charge in [0.2, 0.25) is 5.69 Å². The molecule has 10 rings (SSSR count). The molecule has 6 aromatic heterocycles. The molecule has 0 saturated carbocycles. The van der Waals surface area contributed by atoms with Crippen molar-refractivity contribution in [2.45, 2.75) is 0 Å². The van der Waals surface area contributed by atoms with Crippen LogP contribution in [0.5, 0.6) is 0 Å². The first kappa shape index (κ1) is 26.1. The summed E-state index contributed by atoms with van der Waals surface area (Å²) in [6.45, 7) is 0. The van der Waals surface area contributed by atoms with E-state index in [4.69, 9.17) is 20.1 Å². The number of nitrogens with one attached hydrogen (secondary N) is 1. The van der Waals surface area contributed by atoms with Gasteiger partial charge in [0.05, 0.1) is 10.4 Å². The normalized spacial score (nSPS) is 11.8. The molecular formula is C40H24N6S. The summed E-state index contributed by atoms with van der Waals surface area (Å²) in [5.74, 6) is 0. The second kappa shape index (κ2) is 10.2. The van der Waals surface area contributed by atoms with Gasteiger partial charge in [0.25, 0.3) is 0 Å². The van der Waals surface area contributed by atoms with Crippen molar-refractivity contribution >= 4 is 59.4 Å². The van der Waals surface area contributed by atoms with Gasteiger partial charge in [0.1, 0.15) is 16.0 Å². The van der Waals surface area contributed by atoms with Crippen LogP contribution >= 0.6 is 11.3 Å². The monoisotopic (exact) mass is 620 g/mol. The zero-order chi connectivity index (χ0) is 30.9. The highest BCUT2D eigenvalue weighted by Gasteiger charge is 2.18. The highest BCUT2D eigenvalue weighted by molar-refractivity contribution is 7.25. The smallest absolute Gasteiger partial charge is 0.217 e. The Kier molecular flexibility index (Phi) is 5.64. The second-order valence-electron chi connectivity index (χ2n) is 11.7. The zero-order valence-corrected chi connectivity index (χ0v) is 25.7. The summed E-state index contributed by atoms with van der Waals surface area (Å²) in [6, 6.07) is 44.3. The Balaban J connectivity index is 1.07. The maximum Gasteiger partial charge on any atom is 0.217 e. The van der Waals surface area contributed by atoms with E-state index in [1.54, 1.807) is 11.3 Å². The number of aromatic nitrogens is 6. The van der Waals surface area contributed by atoms with Crippen LogP contribution in [0, 0.1) is 0 Å². The van der Waals surface area contributed by atoms with Gasteiger partial charge in [-0.25, -0.2) is 15.0 Å². The van der Waals surface area contributed by atoms with Gasteiger partial charge in [0.15, 0.2) is 5.65 Å². The molecular weight excluding hydrogens is 597 g/mol. The van der Waals surface area contributed by atoms with Crippen LogP contribution in [0.2, 0.25) is 0 Å². The molecule has 220 valence electrons. The van der Waals surface area contributed by atoms with Crippen LogP contribution in [0.25, 0.3) is 92.8 Å². The highest BCUT2D eigenvalue weighted by Crippen LogP contribution is 2.39. The molecule has 1 N–H and O–H groups in total. The number of hydrogen-bond donors (Lipinski definition) is 0. The van der Waals surface area contributed by atoms with E-state index in [1.807, 2.05) is 42.7 Å². The van der Waals surface area contributed by atoms with Gasteiger partial charge in [0, 0.05) is 45.2 Å².